The van der Waals surface area contributed by atoms with E-state index in [0.29, 0.717) is 23.9 Å². The van der Waals surface area contributed by atoms with Gasteiger partial charge in [0.2, 0.25) is 0 Å². The van der Waals surface area contributed by atoms with E-state index in [0.717, 1.165) is 17.8 Å². The van der Waals surface area contributed by atoms with Crippen molar-refractivity contribution in [3.05, 3.63) is 34.0 Å². The predicted molar refractivity (Wildman–Crippen MR) is 89.6 cm³/mol. The second-order valence-corrected chi connectivity index (χ2v) is 7.32. The Bertz CT molecular complexity index is 744. The third-order valence-corrected chi connectivity index (χ3v) is 5.49. The second kappa shape index (κ2) is 6.72. The number of carbonyl (C=O) groups is 2. The Labute approximate surface area is 143 Å². The van der Waals surface area contributed by atoms with Gasteiger partial charge in [0.1, 0.15) is 4.88 Å². The Morgan fingerprint density at radius 2 is 2.00 bits per heavy atom. The van der Waals surface area contributed by atoms with E-state index >= 15 is 0 Å². The molecular weight excluding hydrogens is 328 g/mol. The molecule has 0 aliphatic carbocycles. The van der Waals surface area contributed by atoms with Gasteiger partial charge in [0.05, 0.1) is 29.0 Å². The highest BCUT2D eigenvalue weighted by Crippen LogP contribution is 2.26. The molecule has 1 aliphatic rings. The van der Waals surface area contributed by atoms with Crippen molar-refractivity contribution in [3.8, 4) is 0 Å². The van der Waals surface area contributed by atoms with Gasteiger partial charge in [-0.25, -0.2) is 9.78 Å². The van der Waals surface area contributed by atoms with Crippen LogP contribution in [0.2, 0.25) is 0 Å². The van der Waals surface area contributed by atoms with Gasteiger partial charge in [-0.05, 0) is 12.8 Å². The zero-order chi connectivity index (χ0) is 17.3. The minimum absolute atomic E-state index is 0.0320. The molecule has 1 N–H and O–H groups in total. The first-order valence-electron chi connectivity index (χ1n) is 7.98. The van der Waals surface area contributed by atoms with Gasteiger partial charge in [0.25, 0.3) is 5.91 Å². The van der Waals surface area contributed by atoms with Crippen LogP contribution in [0.3, 0.4) is 0 Å². The van der Waals surface area contributed by atoms with E-state index in [4.69, 9.17) is 5.11 Å². The molecule has 1 amide bonds. The largest absolute Gasteiger partial charge is 0.478 e. The van der Waals surface area contributed by atoms with Gasteiger partial charge in [0, 0.05) is 25.2 Å². The highest BCUT2D eigenvalue weighted by molar-refractivity contribution is 7.13. The van der Waals surface area contributed by atoms with Crippen LogP contribution >= 0.6 is 11.3 Å². The van der Waals surface area contributed by atoms with E-state index in [1.807, 2.05) is 4.90 Å². The van der Waals surface area contributed by atoms with Crippen LogP contribution in [-0.2, 0) is 0 Å². The van der Waals surface area contributed by atoms with Crippen molar-refractivity contribution in [2.45, 2.75) is 38.6 Å². The fourth-order valence-corrected chi connectivity index (χ4v) is 3.68. The van der Waals surface area contributed by atoms with Gasteiger partial charge < -0.3 is 10.0 Å². The first-order valence-corrected chi connectivity index (χ1v) is 8.79. The Kier molecular flexibility index (Phi) is 4.66. The monoisotopic (exact) mass is 348 g/mol. The summed E-state index contributed by atoms with van der Waals surface area (Å²) in [6, 6.07) is 0.134. The molecule has 7 nitrogen and oxygen atoms in total. The molecule has 0 bridgehead atoms. The summed E-state index contributed by atoms with van der Waals surface area (Å²) in [6.07, 6.45) is 6.12. The number of nitrogens with zero attached hydrogens (tertiary/aromatic N) is 4. The molecule has 3 heterocycles. The minimum atomic E-state index is -0.972. The number of carboxylic acid groups (broad SMARTS) is 1. The lowest BCUT2D eigenvalue weighted by Crippen LogP contribution is -2.38. The van der Waals surface area contributed by atoms with Crippen molar-refractivity contribution in [3.63, 3.8) is 0 Å². The summed E-state index contributed by atoms with van der Waals surface area (Å²) in [5.74, 6) is -0.616. The number of hydrogen-bond acceptors (Lipinski definition) is 5. The number of amides is 1. The zero-order valence-corrected chi connectivity index (χ0v) is 14.5. The third-order valence-electron chi connectivity index (χ3n) is 4.20. The van der Waals surface area contributed by atoms with Crippen molar-refractivity contribution in [2.75, 3.05) is 13.1 Å². The molecule has 1 saturated heterocycles. The fourth-order valence-electron chi connectivity index (χ4n) is 2.79. The number of thiazole rings is 1. The van der Waals surface area contributed by atoms with E-state index in [1.165, 1.54) is 17.5 Å². The Morgan fingerprint density at radius 1 is 1.29 bits per heavy atom. The van der Waals surface area contributed by atoms with Gasteiger partial charge >= 0.3 is 5.97 Å². The van der Waals surface area contributed by atoms with Crippen molar-refractivity contribution in [1.29, 1.82) is 0 Å². The zero-order valence-electron chi connectivity index (χ0n) is 13.7. The van der Waals surface area contributed by atoms with Crippen molar-refractivity contribution >= 4 is 23.2 Å². The number of aromatic carboxylic acids is 1. The topological polar surface area (TPSA) is 88.3 Å². The standard InChI is InChI=1S/C16H20N4O3S/c1-10(2)14-17-8-13(24-14)15(21)19-5-3-12(4-6-19)20-9-11(7-18-20)16(22)23/h7-10,12H,3-6H2,1-2H3,(H,22,23). The first kappa shape index (κ1) is 16.6. The number of carbonyl (C=O) groups excluding carboxylic acids is 1. The maximum Gasteiger partial charge on any atom is 0.338 e. The SMILES string of the molecule is CC(C)c1ncc(C(=O)N2CCC(n3cc(C(=O)O)cn3)CC2)s1. The van der Waals surface area contributed by atoms with E-state index < -0.39 is 5.97 Å². The van der Waals surface area contributed by atoms with Crippen LogP contribution in [0.15, 0.2) is 18.6 Å². The Morgan fingerprint density at radius 3 is 2.54 bits per heavy atom. The van der Waals surface area contributed by atoms with Crippen LogP contribution in [0.4, 0.5) is 0 Å². The lowest BCUT2D eigenvalue weighted by molar-refractivity contribution is 0.0691. The molecule has 24 heavy (non-hydrogen) atoms. The Hall–Kier alpha value is -2.22. The quantitative estimate of drug-likeness (QED) is 0.917. The summed E-state index contributed by atoms with van der Waals surface area (Å²) in [5, 5.41) is 14.1. The van der Waals surface area contributed by atoms with Crippen LogP contribution in [-0.4, -0.2) is 49.7 Å². The fraction of sp³-hybridized carbons (Fsp3) is 0.500. The predicted octanol–water partition coefficient (Wildman–Crippen LogP) is 2.64. The third kappa shape index (κ3) is 3.33. The highest BCUT2D eigenvalue weighted by Gasteiger charge is 2.26. The summed E-state index contributed by atoms with van der Waals surface area (Å²) < 4.78 is 1.70. The number of rotatable bonds is 4. The molecule has 0 aromatic carbocycles. The molecular formula is C16H20N4O3S. The summed E-state index contributed by atoms with van der Waals surface area (Å²) in [4.78, 5) is 30.3. The average molecular weight is 348 g/mol. The van der Waals surface area contributed by atoms with Gasteiger partial charge in [-0.1, -0.05) is 13.8 Å². The Balaban J connectivity index is 1.61. The van der Waals surface area contributed by atoms with E-state index in [2.05, 4.69) is 23.9 Å². The summed E-state index contributed by atoms with van der Waals surface area (Å²) in [6.45, 7) is 5.41. The van der Waals surface area contributed by atoms with E-state index in [9.17, 15) is 9.59 Å². The van der Waals surface area contributed by atoms with Crippen LogP contribution < -0.4 is 0 Å². The van der Waals surface area contributed by atoms with Crippen molar-refractivity contribution in [2.24, 2.45) is 0 Å². The normalized spacial score (nSPS) is 15.9. The molecule has 1 fully saturated rings. The number of aromatic nitrogens is 3. The molecule has 8 heteroatoms. The minimum Gasteiger partial charge on any atom is -0.478 e. The molecule has 0 saturated carbocycles. The molecule has 0 unspecified atom stereocenters. The average Bonchev–Trinajstić information content (AvgIpc) is 3.24. The molecule has 2 aromatic heterocycles. The van der Waals surface area contributed by atoms with Crippen molar-refractivity contribution < 1.29 is 14.7 Å². The number of carboxylic acids is 1. The lowest BCUT2D eigenvalue weighted by Gasteiger charge is -2.31. The smallest absolute Gasteiger partial charge is 0.338 e. The summed E-state index contributed by atoms with van der Waals surface area (Å²) in [7, 11) is 0. The highest BCUT2D eigenvalue weighted by atomic mass is 32.1. The number of piperidine rings is 1. The van der Waals surface area contributed by atoms with Gasteiger partial charge in [-0.3, -0.25) is 9.48 Å². The second-order valence-electron chi connectivity index (χ2n) is 6.25. The van der Waals surface area contributed by atoms with Crippen LogP contribution in [0.1, 0.15) is 63.7 Å². The van der Waals surface area contributed by atoms with Gasteiger partial charge in [0.15, 0.2) is 0 Å². The number of likely N-dealkylation sites (tertiary alicyclic amines) is 1. The lowest BCUT2D eigenvalue weighted by atomic mass is 10.1. The number of hydrogen-bond donors (Lipinski definition) is 1. The first-order chi connectivity index (χ1) is 11.5. The molecule has 0 atom stereocenters. The molecule has 0 spiro atoms. The van der Waals surface area contributed by atoms with E-state index in [-0.39, 0.29) is 17.5 Å². The molecule has 1 aliphatic heterocycles. The van der Waals surface area contributed by atoms with E-state index in [1.54, 1.807) is 17.1 Å². The van der Waals surface area contributed by atoms with Crippen LogP contribution in [0.5, 0.6) is 0 Å². The summed E-state index contributed by atoms with van der Waals surface area (Å²) in [5.41, 5.74) is 0.194. The maximum absolute atomic E-state index is 12.6. The van der Waals surface area contributed by atoms with Crippen LogP contribution in [0, 0.1) is 0 Å². The van der Waals surface area contributed by atoms with Crippen molar-refractivity contribution in [1.82, 2.24) is 19.7 Å². The maximum atomic E-state index is 12.6. The molecule has 128 valence electrons. The van der Waals surface area contributed by atoms with Gasteiger partial charge in [-0.15, -0.1) is 11.3 Å². The molecule has 3 rings (SSSR count). The summed E-state index contributed by atoms with van der Waals surface area (Å²) >= 11 is 1.46. The van der Waals surface area contributed by atoms with Gasteiger partial charge in [-0.2, -0.15) is 5.10 Å². The van der Waals surface area contributed by atoms with Crippen LogP contribution in [0.25, 0.3) is 0 Å². The molecule has 0 radical (unpaired) electrons. The molecule has 2 aromatic rings.